The maximum atomic E-state index is 12.6. The summed E-state index contributed by atoms with van der Waals surface area (Å²) in [6.45, 7) is 2.64. The number of rotatable bonds is 5. The second-order valence-electron chi connectivity index (χ2n) is 6.64. The van der Waals surface area contributed by atoms with Gasteiger partial charge in [-0.1, -0.05) is 25.1 Å². The van der Waals surface area contributed by atoms with Gasteiger partial charge in [-0.2, -0.15) is 9.90 Å². The number of nitrogens with zero attached hydrogens (tertiary/aromatic N) is 4. The Hall–Kier alpha value is -2.89. The van der Waals surface area contributed by atoms with Gasteiger partial charge in [0.1, 0.15) is 11.5 Å². The summed E-state index contributed by atoms with van der Waals surface area (Å²) in [4.78, 5) is 15.6. The van der Waals surface area contributed by atoms with Gasteiger partial charge in [0.25, 0.3) is 5.91 Å². The van der Waals surface area contributed by atoms with E-state index in [2.05, 4.69) is 17.1 Å². The lowest BCUT2D eigenvalue weighted by Gasteiger charge is -2.13. The number of carbonyl (C=O) groups excluding carboxylic acids is 1. The number of carbonyl (C=O) groups is 1. The molecule has 128 valence electrons. The van der Waals surface area contributed by atoms with E-state index in [0.29, 0.717) is 24.1 Å². The van der Waals surface area contributed by atoms with Gasteiger partial charge in [0.05, 0.1) is 18.4 Å². The van der Waals surface area contributed by atoms with Crippen molar-refractivity contribution in [3.8, 4) is 5.69 Å². The molecule has 0 N–H and O–H groups in total. The minimum Gasteiger partial charge on any atom is -0.464 e. The third-order valence-corrected chi connectivity index (χ3v) is 4.60. The average Bonchev–Trinajstić information content (AvgIpc) is 3.05. The van der Waals surface area contributed by atoms with Crippen LogP contribution in [0.15, 0.2) is 53.1 Å². The molecule has 2 aromatic heterocycles. The fourth-order valence-electron chi connectivity index (χ4n) is 2.95. The maximum Gasteiger partial charge on any atom is 0.276 e. The number of benzene rings is 1. The summed E-state index contributed by atoms with van der Waals surface area (Å²) < 4.78 is 5.87. The van der Waals surface area contributed by atoms with Crippen molar-refractivity contribution in [3.05, 3.63) is 65.9 Å². The molecule has 25 heavy (non-hydrogen) atoms. The summed E-state index contributed by atoms with van der Waals surface area (Å²) >= 11 is 0. The first-order valence-electron chi connectivity index (χ1n) is 8.43. The first-order chi connectivity index (χ1) is 12.1. The number of furan rings is 1. The Labute approximate surface area is 146 Å². The minimum absolute atomic E-state index is 0.181. The van der Waals surface area contributed by atoms with Crippen LogP contribution in [0, 0.1) is 5.92 Å². The van der Waals surface area contributed by atoms with E-state index in [1.165, 1.54) is 17.4 Å². The molecule has 1 aliphatic rings. The van der Waals surface area contributed by atoms with E-state index in [1.54, 1.807) is 11.9 Å². The van der Waals surface area contributed by atoms with E-state index >= 15 is 0 Å². The standard InChI is InChI=1S/C19H20N4O2/c1-13-10-16(13)18-9-8-15(25-18)12-22(2)19(24)17-11-20-23(21-17)14-6-4-3-5-7-14/h3-9,11,13,16H,10,12H2,1-2H3/t13-,16-/m0/s1. The van der Waals surface area contributed by atoms with Crippen LogP contribution in [0.25, 0.3) is 5.69 Å². The molecule has 1 fully saturated rings. The van der Waals surface area contributed by atoms with Gasteiger partial charge in [-0.3, -0.25) is 4.79 Å². The van der Waals surface area contributed by atoms with E-state index < -0.39 is 0 Å². The smallest absolute Gasteiger partial charge is 0.276 e. The van der Waals surface area contributed by atoms with Crippen LogP contribution in [0.2, 0.25) is 0 Å². The van der Waals surface area contributed by atoms with Crippen LogP contribution in [-0.4, -0.2) is 32.8 Å². The molecule has 6 heteroatoms. The Morgan fingerprint density at radius 3 is 2.76 bits per heavy atom. The van der Waals surface area contributed by atoms with Crippen LogP contribution in [0.3, 0.4) is 0 Å². The van der Waals surface area contributed by atoms with Crippen molar-refractivity contribution in [3.63, 3.8) is 0 Å². The molecule has 0 saturated heterocycles. The molecule has 3 aromatic rings. The molecular formula is C19H20N4O2. The van der Waals surface area contributed by atoms with Crippen molar-refractivity contribution in [2.75, 3.05) is 7.05 Å². The maximum absolute atomic E-state index is 12.6. The van der Waals surface area contributed by atoms with Crippen LogP contribution < -0.4 is 0 Å². The lowest BCUT2D eigenvalue weighted by atomic mass is 10.3. The van der Waals surface area contributed by atoms with E-state index in [9.17, 15) is 4.79 Å². The van der Waals surface area contributed by atoms with Gasteiger partial charge in [0, 0.05) is 13.0 Å². The summed E-state index contributed by atoms with van der Waals surface area (Å²) in [5.74, 6) is 2.88. The molecule has 0 unspecified atom stereocenters. The first kappa shape index (κ1) is 15.6. The molecule has 1 saturated carbocycles. The van der Waals surface area contributed by atoms with Crippen molar-refractivity contribution in [2.24, 2.45) is 5.92 Å². The molecular weight excluding hydrogens is 316 g/mol. The normalized spacial score (nSPS) is 19.0. The van der Waals surface area contributed by atoms with E-state index in [-0.39, 0.29) is 5.91 Å². The predicted octanol–water partition coefficient (Wildman–Crippen LogP) is 3.26. The highest BCUT2D eigenvalue weighted by atomic mass is 16.3. The van der Waals surface area contributed by atoms with Crippen molar-refractivity contribution >= 4 is 5.91 Å². The van der Waals surface area contributed by atoms with Gasteiger partial charge in [0.2, 0.25) is 0 Å². The fraction of sp³-hybridized carbons (Fsp3) is 0.316. The lowest BCUT2D eigenvalue weighted by Crippen LogP contribution is -2.26. The number of para-hydroxylation sites is 1. The number of hydrogen-bond acceptors (Lipinski definition) is 4. The third kappa shape index (κ3) is 3.20. The van der Waals surface area contributed by atoms with Crippen LogP contribution in [-0.2, 0) is 6.54 Å². The molecule has 2 heterocycles. The minimum atomic E-state index is -0.181. The zero-order chi connectivity index (χ0) is 17.4. The topological polar surface area (TPSA) is 64.2 Å². The molecule has 0 spiro atoms. The van der Waals surface area contributed by atoms with Gasteiger partial charge in [-0.05, 0) is 36.6 Å². The Morgan fingerprint density at radius 2 is 2.04 bits per heavy atom. The number of amides is 1. The highest BCUT2D eigenvalue weighted by Crippen LogP contribution is 2.47. The van der Waals surface area contributed by atoms with Gasteiger partial charge in [-0.15, -0.1) is 5.10 Å². The SMILES string of the molecule is C[C@H]1C[C@@H]1c1ccc(CN(C)C(=O)c2cnn(-c3ccccc3)n2)o1. The van der Waals surface area contributed by atoms with E-state index in [0.717, 1.165) is 17.2 Å². The Bertz CT molecular complexity index is 884. The molecule has 4 rings (SSSR count). The van der Waals surface area contributed by atoms with Crippen LogP contribution in [0.1, 0.15) is 41.3 Å². The van der Waals surface area contributed by atoms with Crippen molar-refractivity contribution < 1.29 is 9.21 Å². The van der Waals surface area contributed by atoms with Gasteiger partial charge < -0.3 is 9.32 Å². The largest absolute Gasteiger partial charge is 0.464 e. The van der Waals surface area contributed by atoms with E-state index in [1.807, 2.05) is 42.5 Å². The number of aromatic nitrogens is 3. The van der Waals surface area contributed by atoms with Crippen molar-refractivity contribution in [2.45, 2.75) is 25.8 Å². The van der Waals surface area contributed by atoms with Gasteiger partial charge >= 0.3 is 0 Å². The van der Waals surface area contributed by atoms with Crippen LogP contribution in [0.5, 0.6) is 0 Å². The fourth-order valence-corrected chi connectivity index (χ4v) is 2.95. The molecule has 2 atom stereocenters. The molecule has 1 amide bonds. The molecule has 6 nitrogen and oxygen atoms in total. The average molecular weight is 336 g/mol. The Balaban J connectivity index is 1.43. The number of hydrogen-bond donors (Lipinski definition) is 0. The second kappa shape index (κ2) is 6.20. The molecule has 1 aromatic carbocycles. The zero-order valence-electron chi connectivity index (χ0n) is 14.3. The highest BCUT2D eigenvalue weighted by Gasteiger charge is 2.36. The summed E-state index contributed by atoms with van der Waals surface area (Å²) in [5, 5.41) is 8.46. The second-order valence-corrected chi connectivity index (χ2v) is 6.64. The molecule has 0 aliphatic heterocycles. The van der Waals surface area contributed by atoms with E-state index in [4.69, 9.17) is 4.42 Å². The van der Waals surface area contributed by atoms with Crippen LogP contribution in [0.4, 0.5) is 0 Å². The monoisotopic (exact) mass is 336 g/mol. The molecule has 1 aliphatic carbocycles. The highest BCUT2D eigenvalue weighted by molar-refractivity contribution is 5.91. The van der Waals surface area contributed by atoms with Crippen molar-refractivity contribution in [1.29, 1.82) is 0 Å². The predicted molar refractivity (Wildman–Crippen MR) is 92.4 cm³/mol. The van der Waals surface area contributed by atoms with Crippen molar-refractivity contribution in [1.82, 2.24) is 19.9 Å². The zero-order valence-corrected chi connectivity index (χ0v) is 14.3. The van der Waals surface area contributed by atoms with Crippen LogP contribution >= 0.6 is 0 Å². The lowest BCUT2D eigenvalue weighted by molar-refractivity contribution is 0.0768. The first-order valence-corrected chi connectivity index (χ1v) is 8.43. The summed E-state index contributed by atoms with van der Waals surface area (Å²) in [6.07, 6.45) is 2.68. The Morgan fingerprint density at radius 1 is 1.28 bits per heavy atom. The summed E-state index contributed by atoms with van der Waals surface area (Å²) in [6, 6.07) is 13.5. The summed E-state index contributed by atoms with van der Waals surface area (Å²) in [7, 11) is 1.74. The third-order valence-electron chi connectivity index (χ3n) is 4.60. The molecule has 0 radical (unpaired) electrons. The van der Waals surface area contributed by atoms with Gasteiger partial charge in [0.15, 0.2) is 5.69 Å². The summed E-state index contributed by atoms with van der Waals surface area (Å²) in [5.41, 5.74) is 1.13. The Kier molecular flexibility index (Phi) is 3.87. The van der Waals surface area contributed by atoms with Gasteiger partial charge in [-0.25, -0.2) is 0 Å². The quantitative estimate of drug-likeness (QED) is 0.717. The molecule has 0 bridgehead atoms.